The Morgan fingerprint density at radius 3 is 2.42 bits per heavy atom. The van der Waals surface area contributed by atoms with Crippen LogP contribution in [0.5, 0.6) is 0 Å². The summed E-state index contributed by atoms with van der Waals surface area (Å²) < 4.78 is 2.03. The van der Waals surface area contributed by atoms with E-state index < -0.39 is 0 Å². The first-order chi connectivity index (χ1) is 9.10. The first kappa shape index (κ1) is 14.5. The molecule has 108 valence electrons. The van der Waals surface area contributed by atoms with Crippen molar-refractivity contribution in [1.29, 1.82) is 0 Å². The summed E-state index contributed by atoms with van der Waals surface area (Å²) >= 11 is 0. The minimum Gasteiger partial charge on any atom is -0.329 e. The molecule has 5 nitrogen and oxygen atoms in total. The first-order valence-corrected chi connectivity index (χ1v) is 7.30. The van der Waals surface area contributed by atoms with Gasteiger partial charge in [0.05, 0.1) is 5.69 Å². The van der Waals surface area contributed by atoms with Gasteiger partial charge in [0, 0.05) is 57.5 Å². The molecule has 0 bridgehead atoms. The summed E-state index contributed by atoms with van der Waals surface area (Å²) in [6.07, 6.45) is 2.08. The van der Waals surface area contributed by atoms with Gasteiger partial charge in [-0.1, -0.05) is 0 Å². The van der Waals surface area contributed by atoms with Crippen LogP contribution in [-0.2, 0) is 6.54 Å². The van der Waals surface area contributed by atoms with Crippen molar-refractivity contribution < 1.29 is 0 Å². The molecule has 0 radical (unpaired) electrons. The molecule has 1 aromatic heterocycles. The molecule has 0 amide bonds. The number of nitrogens with zero attached hydrogens (tertiary/aromatic N) is 4. The monoisotopic (exact) mass is 265 g/mol. The van der Waals surface area contributed by atoms with E-state index in [1.807, 2.05) is 4.68 Å². The fourth-order valence-electron chi connectivity index (χ4n) is 2.49. The molecular weight excluding hydrogens is 238 g/mol. The fourth-order valence-corrected chi connectivity index (χ4v) is 2.49. The molecule has 0 aromatic carbocycles. The average Bonchev–Trinajstić information content (AvgIpc) is 2.87. The lowest BCUT2D eigenvalue weighted by Crippen LogP contribution is -2.51. The minimum atomic E-state index is 0.441. The molecule has 1 unspecified atom stereocenters. The van der Waals surface area contributed by atoms with Gasteiger partial charge in [-0.25, -0.2) is 0 Å². The van der Waals surface area contributed by atoms with Gasteiger partial charge in [0.15, 0.2) is 0 Å². The van der Waals surface area contributed by atoms with Gasteiger partial charge in [-0.05, 0) is 26.8 Å². The van der Waals surface area contributed by atoms with E-state index in [4.69, 9.17) is 5.73 Å². The zero-order valence-electron chi connectivity index (χ0n) is 12.4. The van der Waals surface area contributed by atoms with Crippen LogP contribution < -0.4 is 5.73 Å². The topological polar surface area (TPSA) is 50.3 Å². The highest BCUT2D eigenvalue weighted by molar-refractivity contribution is 5.00. The Morgan fingerprint density at radius 2 is 1.89 bits per heavy atom. The summed E-state index contributed by atoms with van der Waals surface area (Å²) in [5.74, 6) is 0. The predicted octanol–water partition coefficient (Wildman–Crippen LogP) is 0.929. The summed E-state index contributed by atoms with van der Waals surface area (Å²) in [6.45, 7) is 12.7. The van der Waals surface area contributed by atoms with E-state index in [-0.39, 0.29) is 0 Å². The number of piperazine rings is 1. The van der Waals surface area contributed by atoms with Crippen molar-refractivity contribution in [3.8, 4) is 0 Å². The molecule has 19 heavy (non-hydrogen) atoms. The third kappa shape index (κ3) is 3.78. The van der Waals surface area contributed by atoms with Crippen LogP contribution >= 0.6 is 0 Å². The van der Waals surface area contributed by atoms with Crippen molar-refractivity contribution in [1.82, 2.24) is 19.6 Å². The van der Waals surface area contributed by atoms with Crippen molar-refractivity contribution in [2.24, 2.45) is 5.73 Å². The molecule has 5 heteroatoms. The molecule has 2 N–H and O–H groups in total. The molecule has 1 aliphatic heterocycles. The molecule has 1 atom stereocenters. The Labute approximate surface area is 116 Å². The number of aromatic nitrogens is 2. The van der Waals surface area contributed by atoms with Crippen LogP contribution in [0.3, 0.4) is 0 Å². The Morgan fingerprint density at radius 1 is 1.21 bits per heavy atom. The summed E-state index contributed by atoms with van der Waals surface area (Å²) in [5, 5.41) is 4.62. The highest BCUT2D eigenvalue weighted by Gasteiger charge is 2.20. The van der Waals surface area contributed by atoms with Crippen LogP contribution in [0.2, 0.25) is 0 Å². The number of rotatable bonds is 5. The van der Waals surface area contributed by atoms with Crippen molar-refractivity contribution in [3.05, 3.63) is 18.0 Å². The second-order valence-electron chi connectivity index (χ2n) is 5.78. The van der Waals surface area contributed by atoms with Gasteiger partial charge in [0.1, 0.15) is 0 Å². The fraction of sp³-hybridized carbons (Fsp3) is 0.786. The number of nitrogens with two attached hydrogens (primary N) is 1. The van der Waals surface area contributed by atoms with Gasteiger partial charge in [-0.3, -0.25) is 14.5 Å². The molecule has 0 spiro atoms. The van der Waals surface area contributed by atoms with Crippen LogP contribution in [0.4, 0.5) is 0 Å². The molecule has 1 saturated heterocycles. The Hall–Kier alpha value is -0.910. The van der Waals surface area contributed by atoms with Crippen molar-refractivity contribution >= 4 is 0 Å². The van der Waals surface area contributed by atoms with E-state index in [2.05, 4.69) is 47.9 Å². The van der Waals surface area contributed by atoms with Crippen LogP contribution in [0.1, 0.15) is 32.5 Å². The smallest absolute Gasteiger partial charge is 0.0764 e. The molecule has 1 aliphatic rings. The first-order valence-electron chi connectivity index (χ1n) is 7.30. The normalized spacial score (nSPS) is 20.1. The largest absolute Gasteiger partial charge is 0.329 e. The highest BCUT2D eigenvalue weighted by Crippen LogP contribution is 2.10. The van der Waals surface area contributed by atoms with E-state index in [9.17, 15) is 0 Å². The quantitative estimate of drug-likeness (QED) is 0.860. The van der Waals surface area contributed by atoms with Gasteiger partial charge in [0.2, 0.25) is 0 Å². The SMILES string of the molecule is CC(CN)N1CCN(Cc2ccn(C(C)C)n2)CC1. The average molecular weight is 265 g/mol. The van der Waals surface area contributed by atoms with Gasteiger partial charge >= 0.3 is 0 Å². The predicted molar refractivity (Wildman–Crippen MR) is 78.0 cm³/mol. The number of hydrogen-bond donors (Lipinski definition) is 1. The van der Waals surface area contributed by atoms with Crippen LogP contribution in [-0.4, -0.2) is 58.3 Å². The summed E-state index contributed by atoms with van der Waals surface area (Å²) in [4.78, 5) is 4.95. The van der Waals surface area contributed by atoms with Gasteiger partial charge in [-0.15, -0.1) is 0 Å². The second kappa shape index (κ2) is 6.50. The lowest BCUT2D eigenvalue weighted by atomic mass is 10.2. The molecule has 1 fully saturated rings. The Balaban J connectivity index is 1.81. The van der Waals surface area contributed by atoms with Gasteiger partial charge in [0.25, 0.3) is 0 Å². The van der Waals surface area contributed by atoms with Gasteiger partial charge < -0.3 is 5.73 Å². The Bertz CT molecular complexity index is 379. The maximum Gasteiger partial charge on any atom is 0.0764 e. The highest BCUT2D eigenvalue weighted by atomic mass is 15.3. The number of hydrogen-bond acceptors (Lipinski definition) is 4. The van der Waals surface area contributed by atoms with Crippen molar-refractivity contribution in [2.75, 3.05) is 32.7 Å². The van der Waals surface area contributed by atoms with Crippen molar-refractivity contribution in [2.45, 2.75) is 39.4 Å². The molecule has 2 heterocycles. The van der Waals surface area contributed by atoms with Crippen molar-refractivity contribution in [3.63, 3.8) is 0 Å². The van der Waals surface area contributed by atoms with E-state index in [0.29, 0.717) is 12.1 Å². The lowest BCUT2D eigenvalue weighted by Gasteiger charge is -2.37. The van der Waals surface area contributed by atoms with Crippen LogP contribution in [0.15, 0.2) is 12.3 Å². The summed E-state index contributed by atoms with van der Waals surface area (Å²) in [6, 6.07) is 3.08. The molecule has 0 saturated carbocycles. The van der Waals surface area contributed by atoms with E-state index in [0.717, 1.165) is 39.3 Å². The molecular formula is C14H27N5. The van der Waals surface area contributed by atoms with E-state index in [1.54, 1.807) is 0 Å². The third-order valence-corrected chi connectivity index (χ3v) is 3.95. The second-order valence-corrected chi connectivity index (χ2v) is 5.78. The molecule has 2 rings (SSSR count). The maximum atomic E-state index is 5.72. The maximum absolute atomic E-state index is 5.72. The lowest BCUT2D eigenvalue weighted by molar-refractivity contribution is 0.0995. The standard InChI is InChI=1S/C14H27N5/c1-12(2)19-5-4-14(16-19)11-17-6-8-18(9-7-17)13(3)10-15/h4-5,12-13H,6-11,15H2,1-3H3. The third-order valence-electron chi connectivity index (χ3n) is 3.95. The summed E-state index contributed by atoms with van der Waals surface area (Å²) in [5.41, 5.74) is 6.90. The zero-order valence-corrected chi connectivity index (χ0v) is 12.4. The summed E-state index contributed by atoms with van der Waals surface area (Å²) in [7, 11) is 0. The van der Waals surface area contributed by atoms with E-state index in [1.165, 1.54) is 5.69 Å². The zero-order chi connectivity index (χ0) is 13.8. The van der Waals surface area contributed by atoms with Crippen LogP contribution in [0.25, 0.3) is 0 Å². The molecule has 1 aromatic rings. The minimum absolute atomic E-state index is 0.441. The Kier molecular flexibility index (Phi) is 4.96. The van der Waals surface area contributed by atoms with E-state index >= 15 is 0 Å². The molecule has 0 aliphatic carbocycles. The van der Waals surface area contributed by atoms with Gasteiger partial charge in [-0.2, -0.15) is 5.10 Å². The van der Waals surface area contributed by atoms with Crippen LogP contribution in [0, 0.1) is 0 Å².